The van der Waals surface area contributed by atoms with Crippen LogP contribution in [0.1, 0.15) is 11.1 Å². The predicted octanol–water partition coefficient (Wildman–Crippen LogP) is 4.00. The Labute approximate surface area is 99.3 Å². The van der Waals surface area contributed by atoms with E-state index in [2.05, 4.69) is 4.98 Å². The molecule has 0 amide bonds. The van der Waals surface area contributed by atoms with Gasteiger partial charge in [-0.1, -0.05) is 0 Å². The molecule has 0 N–H and O–H groups in total. The van der Waals surface area contributed by atoms with E-state index in [9.17, 15) is 27.4 Å². The van der Waals surface area contributed by atoms with Crippen molar-refractivity contribution in [2.45, 2.75) is 13.8 Å². The summed E-state index contributed by atoms with van der Waals surface area (Å²) in [7, 11) is -6.00. The molecule has 1 rings (SSSR count). The van der Waals surface area contributed by atoms with Crippen molar-refractivity contribution in [2.24, 2.45) is 0 Å². The summed E-state index contributed by atoms with van der Waals surface area (Å²) in [5.74, 6) is 0. The molecule has 0 unspecified atom stereocenters. The maximum Gasteiger partial charge on any atom is 0.673 e. The van der Waals surface area contributed by atoms with E-state index < -0.39 is 12.2 Å². The monoisotopic (exact) mass is 265 g/mol. The highest BCUT2D eigenvalue weighted by atomic mass is 19.5. The molecule has 0 fully saturated rings. The largest absolute Gasteiger partial charge is 0.673 e. The van der Waals surface area contributed by atoms with Crippen LogP contribution < -0.4 is 0 Å². The fraction of sp³-hybridized carbons (Fsp3) is 0.250. The van der Waals surface area contributed by atoms with Crippen molar-refractivity contribution < 1.29 is 22.2 Å². The van der Waals surface area contributed by atoms with Crippen LogP contribution in [0.5, 0.6) is 0 Å². The molecule has 0 heterocycles. The van der Waals surface area contributed by atoms with Crippen LogP contribution in [0.4, 0.5) is 28.6 Å². The molecule has 0 atom stereocenters. The normalized spacial score (nSPS) is 10.1. The molecule has 0 spiro atoms. The molecule has 1 aromatic carbocycles. The van der Waals surface area contributed by atoms with Gasteiger partial charge in [-0.25, -0.2) is 0 Å². The zero-order valence-electron chi connectivity index (χ0n) is 9.40. The Hall–Kier alpha value is -2.18. The molecule has 98 valence electrons. The third-order valence-corrected chi connectivity index (χ3v) is 1.82. The molecule has 0 aliphatic rings. The van der Waals surface area contributed by atoms with E-state index in [1.807, 2.05) is 0 Å². The van der Waals surface area contributed by atoms with Gasteiger partial charge in [0.15, 0.2) is 4.98 Å². The van der Waals surface area contributed by atoms with E-state index in [0.29, 0.717) is 16.8 Å². The Balaban J connectivity index is 0.000000494. The number of halogens is 4. The number of aryl methyl sites for hydroxylation is 2. The van der Waals surface area contributed by atoms with E-state index in [1.54, 1.807) is 13.8 Å². The molecule has 0 saturated carbocycles. The Morgan fingerprint density at radius 2 is 1.67 bits per heavy atom. The fourth-order valence-electron chi connectivity index (χ4n) is 1.09. The van der Waals surface area contributed by atoms with Gasteiger partial charge in [0, 0.05) is 17.7 Å². The van der Waals surface area contributed by atoms with Crippen molar-refractivity contribution in [2.75, 3.05) is 0 Å². The highest BCUT2D eigenvalue weighted by molar-refractivity contribution is 6.50. The van der Waals surface area contributed by atoms with Gasteiger partial charge in [0.1, 0.15) is 0 Å². The molecule has 0 aliphatic heterocycles. The van der Waals surface area contributed by atoms with Crippen LogP contribution in [0.15, 0.2) is 12.1 Å². The number of rotatable bonds is 1. The van der Waals surface area contributed by atoms with Crippen LogP contribution in [0.25, 0.3) is 4.98 Å². The summed E-state index contributed by atoms with van der Waals surface area (Å²) in [6.45, 7) is 3.26. The number of nitrogens with zero attached hydrogens (tertiary/aromatic N) is 3. The van der Waals surface area contributed by atoms with Crippen LogP contribution in [-0.2, 0) is 0 Å². The van der Waals surface area contributed by atoms with Gasteiger partial charge in [0.2, 0.25) is 5.39 Å². The number of benzene rings is 1. The quantitative estimate of drug-likeness (QED) is 0.253. The topological polar surface area (TPSA) is 71.3 Å². The summed E-state index contributed by atoms with van der Waals surface area (Å²) in [5.41, 5.74) is 1.48. The minimum atomic E-state index is -6.00. The van der Waals surface area contributed by atoms with Crippen molar-refractivity contribution in [3.63, 3.8) is 0 Å². The smallest absolute Gasteiger partial charge is 0.418 e. The first kappa shape index (κ1) is 15.8. The molecule has 0 aliphatic carbocycles. The van der Waals surface area contributed by atoms with Crippen molar-refractivity contribution in [1.29, 1.82) is 5.39 Å². The molecule has 0 bridgehead atoms. The molecule has 18 heavy (non-hydrogen) atoms. The first-order valence-electron chi connectivity index (χ1n) is 4.54. The maximum atomic E-state index is 10.5. The van der Waals surface area contributed by atoms with E-state index in [1.165, 1.54) is 12.1 Å². The fourth-order valence-corrected chi connectivity index (χ4v) is 1.09. The molecule has 0 aromatic heterocycles. The van der Waals surface area contributed by atoms with E-state index >= 15 is 0 Å². The van der Waals surface area contributed by atoms with Gasteiger partial charge in [-0.3, -0.25) is 10.1 Å². The van der Waals surface area contributed by atoms with Crippen molar-refractivity contribution in [3.05, 3.63) is 38.3 Å². The second-order valence-electron chi connectivity index (χ2n) is 3.28. The summed E-state index contributed by atoms with van der Waals surface area (Å²) in [6.07, 6.45) is 0. The molecule has 0 radical (unpaired) electrons. The van der Waals surface area contributed by atoms with Crippen LogP contribution >= 0.6 is 0 Å². The van der Waals surface area contributed by atoms with E-state index in [0.717, 1.165) is 0 Å². The molecular weight excluding hydrogens is 257 g/mol. The third kappa shape index (κ3) is 5.79. The first-order valence-corrected chi connectivity index (χ1v) is 4.54. The number of hydrogen-bond donors (Lipinski definition) is 0. The van der Waals surface area contributed by atoms with Crippen molar-refractivity contribution >= 4 is 18.6 Å². The van der Waals surface area contributed by atoms with Gasteiger partial charge in [-0.2, -0.15) is 0 Å². The lowest BCUT2D eigenvalue weighted by Crippen LogP contribution is -2.02. The zero-order valence-corrected chi connectivity index (χ0v) is 9.40. The lowest BCUT2D eigenvalue weighted by molar-refractivity contribution is -0.385. The van der Waals surface area contributed by atoms with Crippen LogP contribution in [-0.4, -0.2) is 12.2 Å². The lowest BCUT2D eigenvalue weighted by Gasteiger charge is -1.94. The van der Waals surface area contributed by atoms with Gasteiger partial charge in [-0.05, 0) is 13.8 Å². The van der Waals surface area contributed by atoms with Crippen LogP contribution in [0.3, 0.4) is 0 Å². The van der Waals surface area contributed by atoms with Crippen LogP contribution in [0, 0.1) is 29.4 Å². The summed E-state index contributed by atoms with van der Waals surface area (Å²) >= 11 is 0. The number of nitro benzene ring substituents is 1. The average Bonchev–Trinajstić information content (AvgIpc) is 2.18. The molecule has 10 heteroatoms. The van der Waals surface area contributed by atoms with Gasteiger partial charge in [-0.15, -0.1) is 0 Å². The van der Waals surface area contributed by atoms with Crippen molar-refractivity contribution in [1.82, 2.24) is 0 Å². The summed E-state index contributed by atoms with van der Waals surface area (Å²) in [6, 6.07) is 2.87. The maximum absolute atomic E-state index is 10.5. The number of nitro groups is 1. The summed E-state index contributed by atoms with van der Waals surface area (Å²) in [4.78, 5) is 13.0. The summed E-state index contributed by atoms with van der Waals surface area (Å²) < 4.78 is 39.0. The SMILES string of the molecule is Cc1cc([N+](=O)[O-])c(C)cc1[N+]#N.F[B-](F)(F)F. The van der Waals surface area contributed by atoms with Gasteiger partial charge >= 0.3 is 12.9 Å². The minimum absolute atomic E-state index is 0.0462. The first-order chi connectivity index (χ1) is 8.06. The molecular formula is C8H8BF4N3O2. The highest BCUT2D eigenvalue weighted by Crippen LogP contribution is 2.27. The summed E-state index contributed by atoms with van der Waals surface area (Å²) in [5, 5.41) is 19.0. The number of hydrogen-bond acceptors (Lipinski definition) is 3. The number of diazo groups is 1. The second-order valence-corrected chi connectivity index (χ2v) is 3.28. The van der Waals surface area contributed by atoms with Gasteiger partial charge in [0.25, 0.3) is 5.69 Å². The lowest BCUT2D eigenvalue weighted by atomic mass is 10.1. The Kier molecular flexibility index (Phi) is 5.23. The zero-order chi connectivity index (χ0) is 14.5. The Morgan fingerprint density at radius 1 is 1.22 bits per heavy atom. The standard InChI is InChI=1S/C8H8N3O2.BF4/c1-5-4-8(11(12)13)6(2)3-7(5)10-9;2-1(3,4)5/h3-4H,1-2H3;/q+1;-1. The Bertz CT molecular complexity index is 492. The van der Waals surface area contributed by atoms with E-state index in [4.69, 9.17) is 5.39 Å². The highest BCUT2D eigenvalue weighted by Gasteiger charge is 2.20. The minimum Gasteiger partial charge on any atom is -0.418 e. The van der Waals surface area contributed by atoms with Crippen LogP contribution in [0.2, 0.25) is 0 Å². The van der Waals surface area contributed by atoms with E-state index in [-0.39, 0.29) is 5.69 Å². The molecule has 1 aromatic rings. The predicted molar refractivity (Wildman–Crippen MR) is 57.5 cm³/mol. The Morgan fingerprint density at radius 3 is 2.00 bits per heavy atom. The third-order valence-electron chi connectivity index (χ3n) is 1.82. The van der Waals surface area contributed by atoms with Gasteiger partial charge < -0.3 is 17.3 Å². The molecule has 5 nitrogen and oxygen atoms in total. The second kappa shape index (κ2) is 5.95. The van der Waals surface area contributed by atoms with Crippen molar-refractivity contribution in [3.8, 4) is 0 Å². The average molecular weight is 265 g/mol. The van der Waals surface area contributed by atoms with Gasteiger partial charge in [0.05, 0.1) is 10.5 Å². The molecule has 0 saturated heterocycles.